The first-order valence-corrected chi connectivity index (χ1v) is 7.42. The molecule has 0 aliphatic carbocycles. The standard InChI is InChI=1S/C10H16NO2S2/c1-2-3-4-5-8-11-15(12,13)10-7-6-9-14-10/h6-7,11H,2-5,8H2,1H3. The Balaban J connectivity index is 2.32. The molecular formula is C10H16NO2S2. The molecule has 0 saturated heterocycles. The molecule has 0 aromatic carbocycles. The molecule has 0 fully saturated rings. The first-order valence-electron chi connectivity index (χ1n) is 5.12. The van der Waals surface area contributed by atoms with Crippen molar-refractivity contribution in [2.24, 2.45) is 0 Å². The van der Waals surface area contributed by atoms with Crippen LogP contribution in [0.1, 0.15) is 32.6 Å². The van der Waals surface area contributed by atoms with E-state index in [1.165, 1.54) is 0 Å². The van der Waals surface area contributed by atoms with Crippen LogP contribution in [0.3, 0.4) is 0 Å². The number of rotatable bonds is 7. The molecule has 0 saturated carbocycles. The minimum absolute atomic E-state index is 0.345. The molecule has 1 aromatic rings. The zero-order valence-electron chi connectivity index (χ0n) is 8.82. The van der Waals surface area contributed by atoms with E-state index in [4.69, 9.17) is 0 Å². The van der Waals surface area contributed by atoms with Gasteiger partial charge in [0.05, 0.1) is 0 Å². The zero-order chi connectivity index (χ0) is 11.1. The Morgan fingerprint density at radius 1 is 1.40 bits per heavy atom. The lowest BCUT2D eigenvalue weighted by Crippen LogP contribution is -2.23. The molecule has 0 amide bonds. The van der Waals surface area contributed by atoms with Crippen molar-refractivity contribution in [2.75, 3.05) is 6.54 Å². The SMILES string of the molecule is CCCCCCNS(=O)(=O)c1cc[c]s1. The molecule has 15 heavy (non-hydrogen) atoms. The molecule has 0 bridgehead atoms. The van der Waals surface area contributed by atoms with Gasteiger partial charge in [0.25, 0.3) is 0 Å². The summed E-state index contributed by atoms with van der Waals surface area (Å²) in [5.41, 5.74) is 0. The quantitative estimate of drug-likeness (QED) is 0.751. The van der Waals surface area contributed by atoms with Crippen LogP contribution in [0.15, 0.2) is 16.3 Å². The summed E-state index contributed by atoms with van der Waals surface area (Å²) >= 11 is 1.12. The summed E-state index contributed by atoms with van der Waals surface area (Å²) in [4.78, 5) is 0. The predicted molar refractivity (Wildman–Crippen MR) is 62.5 cm³/mol. The second-order valence-corrected chi connectivity index (χ2v) is 6.20. The second kappa shape index (κ2) is 6.25. The molecule has 0 aliphatic rings. The van der Waals surface area contributed by atoms with Gasteiger partial charge in [-0.05, 0) is 18.6 Å². The van der Waals surface area contributed by atoms with E-state index < -0.39 is 10.0 Å². The van der Waals surface area contributed by atoms with Crippen molar-refractivity contribution in [2.45, 2.75) is 36.8 Å². The van der Waals surface area contributed by atoms with Crippen LogP contribution in [0.2, 0.25) is 0 Å². The Hall–Kier alpha value is -0.390. The summed E-state index contributed by atoms with van der Waals surface area (Å²) in [6.45, 7) is 2.66. The monoisotopic (exact) mass is 246 g/mol. The van der Waals surface area contributed by atoms with E-state index in [9.17, 15) is 8.42 Å². The van der Waals surface area contributed by atoms with Crippen LogP contribution in [0.25, 0.3) is 0 Å². The van der Waals surface area contributed by atoms with E-state index >= 15 is 0 Å². The van der Waals surface area contributed by atoms with Gasteiger partial charge in [-0.2, -0.15) is 0 Å². The van der Waals surface area contributed by atoms with Crippen LogP contribution in [-0.4, -0.2) is 15.0 Å². The normalized spacial score (nSPS) is 11.8. The zero-order valence-corrected chi connectivity index (χ0v) is 10.5. The Kier molecular flexibility index (Phi) is 5.28. The van der Waals surface area contributed by atoms with E-state index in [-0.39, 0.29) is 0 Å². The highest BCUT2D eigenvalue weighted by molar-refractivity contribution is 7.91. The van der Waals surface area contributed by atoms with Crippen LogP contribution in [0, 0.1) is 5.38 Å². The number of unbranched alkanes of at least 4 members (excludes halogenated alkanes) is 3. The highest BCUT2D eigenvalue weighted by Crippen LogP contribution is 2.14. The molecular weight excluding hydrogens is 230 g/mol. The van der Waals surface area contributed by atoms with Gasteiger partial charge in [-0.3, -0.25) is 0 Å². The molecule has 0 spiro atoms. The lowest BCUT2D eigenvalue weighted by atomic mass is 10.2. The fraction of sp³-hybridized carbons (Fsp3) is 0.600. The molecule has 1 aromatic heterocycles. The van der Waals surface area contributed by atoms with Crippen LogP contribution in [-0.2, 0) is 10.0 Å². The molecule has 1 heterocycles. The van der Waals surface area contributed by atoms with E-state index in [1.807, 2.05) is 0 Å². The Bertz CT molecular complexity index is 357. The van der Waals surface area contributed by atoms with Crippen LogP contribution < -0.4 is 4.72 Å². The number of thiophene rings is 1. The predicted octanol–water partition coefficient (Wildman–Crippen LogP) is 2.41. The fourth-order valence-electron chi connectivity index (χ4n) is 1.20. The van der Waals surface area contributed by atoms with E-state index in [0.717, 1.165) is 37.0 Å². The average molecular weight is 246 g/mol. The maximum Gasteiger partial charge on any atom is 0.250 e. The van der Waals surface area contributed by atoms with Crippen molar-refractivity contribution in [3.05, 3.63) is 17.5 Å². The largest absolute Gasteiger partial charge is 0.250 e. The number of hydrogen-bond donors (Lipinski definition) is 1. The maximum atomic E-state index is 11.6. The van der Waals surface area contributed by atoms with E-state index in [0.29, 0.717) is 10.8 Å². The van der Waals surface area contributed by atoms with Crippen molar-refractivity contribution < 1.29 is 8.42 Å². The van der Waals surface area contributed by atoms with Gasteiger partial charge in [-0.15, -0.1) is 11.3 Å². The number of hydrogen-bond acceptors (Lipinski definition) is 3. The number of nitrogens with one attached hydrogen (secondary N) is 1. The lowest BCUT2D eigenvalue weighted by Gasteiger charge is -2.03. The topological polar surface area (TPSA) is 46.2 Å². The summed E-state index contributed by atoms with van der Waals surface area (Å²) in [5, 5.41) is 2.77. The van der Waals surface area contributed by atoms with E-state index in [1.54, 1.807) is 12.1 Å². The van der Waals surface area contributed by atoms with Gasteiger partial charge in [0.2, 0.25) is 10.0 Å². The summed E-state index contributed by atoms with van der Waals surface area (Å²) in [6, 6.07) is 3.19. The second-order valence-electron chi connectivity index (χ2n) is 3.33. The molecule has 0 atom stereocenters. The van der Waals surface area contributed by atoms with Gasteiger partial charge in [0, 0.05) is 11.9 Å². The van der Waals surface area contributed by atoms with Crippen molar-refractivity contribution in [1.82, 2.24) is 4.72 Å². The third kappa shape index (κ3) is 4.32. The third-order valence-corrected chi connectivity index (χ3v) is 4.78. The van der Waals surface area contributed by atoms with Crippen molar-refractivity contribution in [3.63, 3.8) is 0 Å². The van der Waals surface area contributed by atoms with Gasteiger partial charge in [-0.25, -0.2) is 13.1 Å². The minimum atomic E-state index is -3.27. The van der Waals surface area contributed by atoms with Gasteiger partial charge < -0.3 is 0 Å². The summed E-state index contributed by atoms with van der Waals surface area (Å²) in [6.07, 6.45) is 4.30. The molecule has 85 valence electrons. The van der Waals surface area contributed by atoms with Crippen LogP contribution in [0.4, 0.5) is 0 Å². The molecule has 5 heteroatoms. The lowest BCUT2D eigenvalue weighted by molar-refractivity contribution is 0.575. The van der Waals surface area contributed by atoms with Gasteiger partial charge in [0.15, 0.2) is 0 Å². The molecule has 3 nitrogen and oxygen atoms in total. The smallest absolute Gasteiger partial charge is 0.210 e. The highest BCUT2D eigenvalue weighted by atomic mass is 32.2. The van der Waals surface area contributed by atoms with Gasteiger partial charge >= 0.3 is 0 Å². The highest BCUT2D eigenvalue weighted by Gasteiger charge is 2.13. The first kappa shape index (κ1) is 12.7. The van der Waals surface area contributed by atoms with Crippen molar-refractivity contribution in [1.29, 1.82) is 0 Å². The van der Waals surface area contributed by atoms with E-state index in [2.05, 4.69) is 17.0 Å². The van der Waals surface area contributed by atoms with Crippen LogP contribution in [0.5, 0.6) is 0 Å². The van der Waals surface area contributed by atoms with Gasteiger partial charge in [0.1, 0.15) is 4.21 Å². The van der Waals surface area contributed by atoms with Crippen LogP contribution >= 0.6 is 11.3 Å². The molecule has 1 rings (SSSR count). The maximum absolute atomic E-state index is 11.6. The Labute approximate surface area is 95.6 Å². The third-order valence-electron chi connectivity index (χ3n) is 2.03. The fourth-order valence-corrected chi connectivity index (χ4v) is 3.15. The summed E-state index contributed by atoms with van der Waals surface area (Å²) in [7, 11) is -3.27. The Morgan fingerprint density at radius 2 is 2.20 bits per heavy atom. The first-order chi connectivity index (χ1) is 7.17. The summed E-state index contributed by atoms with van der Waals surface area (Å²) < 4.78 is 26.1. The van der Waals surface area contributed by atoms with Gasteiger partial charge in [-0.1, -0.05) is 26.2 Å². The molecule has 0 unspecified atom stereocenters. The number of sulfonamides is 1. The minimum Gasteiger partial charge on any atom is -0.210 e. The summed E-state index contributed by atoms with van der Waals surface area (Å²) in [5.74, 6) is 0. The van der Waals surface area contributed by atoms with Crippen molar-refractivity contribution >= 4 is 21.4 Å². The average Bonchev–Trinajstić information content (AvgIpc) is 2.70. The Morgan fingerprint density at radius 3 is 2.80 bits per heavy atom. The van der Waals surface area contributed by atoms with Crippen molar-refractivity contribution in [3.8, 4) is 0 Å². The molecule has 1 radical (unpaired) electrons. The molecule has 1 N–H and O–H groups in total. The molecule has 0 aliphatic heterocycles.